The first-order chi connectivity index (χ1) is 11.8. The van der Waals surface area contributed by atoms with Crippen LogP contribution in [0, 0.1) is 0 Å². The van der Waals surface area contributed by atoms with Crippen LogP contribution in [0.2, 0.25) is 0 Å². The Morgan fingerprint density at radius 3 is 2.88 bits per heavy atom. The van der Waals surface area contributed by atoms with E-state index < -0.39 is 0 Å². The summed E-state index contributed by atoms with van der Waals surface area (Å²) in [5, 5.41) is 8.52. The number of nitrogens with zero attached hydrogens (tertiary/aromatic N) is 1. The normalized spacial score (nSPS) is 10.2. The van der Waals surface area contributed by atoms with Gasteiger partial charge in [-0.2, -0.15) is 0 Å². The van der Waals surface area contributed by atoms with Crippen LogP contribution in [0.4, 0.5) is 10.5 Å². The molecule has 5 nitrogen and oxygen atoms in total. The average Bonchev–Trinajstić information content (AvgIpc) is 3.15. The molecule has 24 heavy (non-hydrogen) atoms. The van der Waals surface area contributed by atoms with Gasteiger partial charge >= 0.3 is 6.03 Å². The predicted molar refractivity (Wildman–Crippen MR) is 96.4 cm³/mol. The summed E-state index contributed by atoms with van der Waals surface area (Å²) in [5.41, 5.74) is 2.62. The molecule has 0 bridgehead atoms. The minimum atomic E-state index is -0.266. The van der Waals surface area contributed by atoms with Gasteiger partial charge in [0, 0.05) is 34.9 Å². The number of hydrogen-bond acceptors (Lipinski definition) is 4. The molecule has 0 radical (unpaired) electrons. The van der Waals surface area contributed by atoms with Crippen molar-refractivity contribution in [2.24, 2.45) is 0 Å². The summed E-state index contributed by atoms with van der Waals surface area (Å²) < 4.78 is 5.28. The molecule has 6 heteroatoms. The molecule has 3 rings (SSSR count). The third-order valence-corrected chi connectivity index (χ3v) is 4.25. The number of carbonyl (C=O) groups is 1. The molecule has 0 atom stereocenters. The molecule has 2 N–H and O–H groups in total. The number of methoxy groups -OCH3 is 1. The molecule has 0 unspecified atom stereocenters. The quantitative estimate of drug-likeness (QED) is 0.734. The van der Waals surface area contributed by atoms with E-state index in [4.69, 9.17) is 4.74 Å². The van der Waals surface area contributed by atoms with Gasteiger partial charge in [-0.3, -0.25) is 0 Å². The van der Waals surface area contributed by atoms with Gasteiger partial charge in [0.25, 0.3) is 0 Å². The first kappa shape index (κ1) is 16.0. The fourth-order valence-electron chi connectivity index (χ4n) is 2.30. The fourth-order valence-corrected chi connectivity index (χ4v) is 2.93. The molecule has 0 aliphatic rings. The smallest absolute Gasteiger partial charge is 0.319 e. The molecule has 0 aliphatic carbocycles. The van der Waals surface area contributed by atoms with E-state index >= 15 is 0 Å². The molecule has 1 aromatic heterocycles. The van der Waals surface area contributed by atoms with Crippen LogP contribution >= 0.6 is 11.3 Å². The molecular formula is C18H17N3O2S. The second-order valence-corrected chi connectivity index (χ2v) is 5.93. The SMILES string of the molecule is COc1ccccc1CNC(=O)Nc1cccc(-c2nccs2)c1. The van der Waals surface area contributed by atoms with E-state index in [2.05, 4.69) is 15.6 Å². The minimum absolute atomic E-state index is 0.266. The molecule has 122 valence electrons. The molecule has 2 amide bonds. The van der Waals surface area contributed by atoms with Gasteiger partial charge in [0.05, 0.1) is 7.11 Å². The maximum absolute atomic E-state index is 12.1. The van der Waals surface area contributed by atoms with Crippen LogP contribution in [-0.2, 0) is 6.54 Å². The summed E-state index contributed by atoms with van der Waals surface area (Å²) in [5.74, 6) is 0.753. The van der Waals surface area contributed by atoms with Crippen LogP contribution in [0.1, 0.15) is 5.56 Å². The number of aromatic nitrogens is 1. The molecule has 0 saturated carbocycles. The largest absolute Gasteiger partial charge is 0.496 e. The van der Waals surface area contributed by atoms with E-state index in [9.17, 15) is 4.79 Å². The third-order valence-electron chi connectivity index (χ3n) is 3.43. The lowest BCUT2D eigenvalue weighted by atomic mass is 10.2. The van der Waals surface area contributed by atoms with E-state index in [0.29, 0.717) is 6.54 Å². The van der Waals surface area contributed by atoms with E-state index in [1.807, 2.05) is 53.9 Å². The summed E-state index contributed by atoms with van der Waals surface area (Å²) in [4.78, 5) is 16.4. The van der Waals surface area contributed by atoms with Gasteiger partial charge < -0.3 is 15.4 Å². The molecule has 0 saturated heterocycles. The van der Waals surface area contributed by atoms with Gasteiger partial charge in [0.15, 0.2) is 0 Å². The Labute approximate surface area is 144 Å². The lowest BCUT2D eigenvalue weighted by Crippen LogP contribution is -2.28. The van der Waals surface area contributed by atoms with Crippen molar-refractivity contribution in [1.29, 1.82) is 0 Å². The van der Waals surface area contributed by atoms with Crippen molar-refractivity contribution in [1.82, 2.24) is 10.3 Å². The Kier molecular flexibility index (Phi) is 5.08. The van der Waals surface area contributed by atoms with Crippen LogP contribution in [0.25, 0.3) is 10.6 Å². The molecule has 0 fully saturated rings. The molecule has 3 aromatic rings. The van der Waals surface area contributed by atoms with Gasteiger partial charge in [0.2, 0.25) is 0 Å². The minimum Gasteiger partial charge on any atom is -0.496 e. The summed E-state index contributed by atoms with van der Waals surface area (Å²) in [6, 6.07) is 14.9. The number of para-hydroxylation sites is 1. The number of rotatable bonds is 5. The Hall–Kier alpha value is -2.86. The highest BCUT2D eigenvalue weighted by atomic mass is 32.1. The first-order valence-corrected chi connectivity index (χ1v) is 8.31. The maximum Gasteiger partial charge on any atom is 0.319 e. The maximum atomic E-state index is 12.1. The average molecular weight is 339 g/mol. The van der Waals surface area contributed by atoms with Crippen LogP contribution in [0.3, 0.4) is 0 Å². The monoisotopic (exact) mass is 339 g/mol. The van der Waals surface area contributed by atoms with Crippen LogP contribution in [-0.4, -0.2) is 18.1 Å². The zero-order chi connectivity index (χ0) is 16.8. The highest BCUT2D eigenvalue weighted by Gasteiger charge is 2.07. The number of nitrogens with one attached hydrogen (secondary N) is 2. The van der Waals surface area contributed by atoms with Crippen molar-refractivity contribution < 1.29 is 9.53 Å². The predicted octanol–water partition coefficient (Wildman–Crippen LogP) is 4.14. The lowest BCUT2D eigenvalue weighted by Gasteiger charge is -2.11. The second-order valence-electron chi connectivity index (χ2n) is 5.04. The van der Waals surface area contributed by atoms with Gasteiger partial charge in [-0.05, 0) is 18.2 Å². The highest BCUT2D eigenvalue weighted by Crippen LogP contribution is 2.24. The van der Waals surface area contributed by atoms with E-state index in [0.717, 1.165) is 27.6 Å². The second kappa shape index (κ2) is 7.61. The molecule has 1 heterocycles. The number of amides is 2. The van der Waals surface area contributed by atoms with Crippen LogP contribution in [0.5, 0.6) is 5.75 Å². The number of hydrogen-bond donors (Lipinski definition) is 2. The number of anilines is 1. The van der Waals surface area contributed by atoms with Crippen LogP contribution in [0.15, 0.2) is 60.1 Å². The summed E-state index contributed by atoms with van der Waals surface area (Å²) >= 11 is 1.56. The zero-order valence-electron chi connectivity index (χ0n) is 13.2. The third kappa shape index (κ3) is 3.91. The van der Waals surface area contributed by atoms with Gasteiger partial charge in [-0.15, -0.1) is 11.3 Å². The molecule has 0 aliphatic heterocycles. The lowest BCUT2D eigenvalue weighted by molar-refractivity contribution is 0.251. The standard InChI is InChI=1S/C18H17N3O2S/c1-23-16-8-3-2-5-14(16)12-20-18(22)21-15-7-4-6-13(11-15)17-19-9-10-24-17/h2-11H,12H2,1H3,(H2,20,21,22). The summed E-state index contributed by atoms with van der Waals surface area (Å²) in [7, 11) is 1.61. The van der Waals surface area contributed by atoms with Gasteiger partial charge in [0.1, 0.15) is 10.8 Å². The van der Waals surface area contributed by atoms with Gasteiger partial charge in [-0.1, -0.05) is 30.3 Å². The van der Waals surface area contributed by atoms with Crippen molar-refractivity contribution in [2.45, 2.75) is 6.54 Å². The molecule has 0 spiro atoms. The number of ether oxygens (including phenoxy) is 1. The number of urea groups is 1. The number of carbonyl (C=O) groups excluding carboxylic acids is 1. The zero-order valence-corrected chi connectivity index (χ0v) is 14.0. The summed E-state index contributed by atoms with van der Waals surface area (Å²) in [6.45, 7) is 0.391. The van der Waals surface area contributed by atoms with Crippen LogP contribution < -0.4 is 15.4 Å². The van der Waals surface area contributed by atoms with Gasteiger partial charge in [-0.25, -0.2) is 9.78 Å². The van der Waals surface area contributed by atoms with E-state index in [1.54, 1.807) is 24.6 Å². The Balaban J connectivity index is 1.62. The molecule has 2 aromatic carbocycles. The van der Waals surface area contributed by atoms with Crippen molar-refractivity contribution in [2.75, 3.05) is 12.4 Å². The van der Waals surface area contributed by atoms with Crippen molar-refractivity contribution in [3.8, 4) is 16.3 Å². The Morgan fingerprint density at radius 1 is 1.21 bits per heavy atom. The fraction of sp³-hybridized carbons (Fsp3) is 0.111. The summed E-state index contributed by atoms with van der Waals surface area (Å²) in [6.07, 6.45) is 1.76. The van der Waals surface area contributed by atoms with E-state index in [1.165, 1.54) is 0 Å². The van der Waals surface area contributed by atoms with Crippen molar-refractivity contribution in [3.63, 3.8) is 0 Å². The highest BCUT2D eigenvalue weighted by molar-refractivity contribution is 7.13. The van der Waals surface area contributed by atoms with E-state index in [-0.39, 0.29) is 6.03 Å². The molecular weight excluding hydrogens is 322 g/mol. The Bertz CT molecular complexity index is 819. The topological polar surface area (TPSA) is 63.2 Å². The Morgan fingerprint density at radius 2 is 2.08 bits per heavy atom. The number of thiazole rings is 1. The first-order valence-electron chi connectivity index (χ1n) is 7.43. The van der Waals surface area contributed by atoms with Crippen molar-refractivity contribution >= 4 is 23.1 Å². The van der Waals surface area contributed by atoms with Crippen molar-refractivity contribution in [3.05, 3.63) is 65.7 Å². The number of benzene rings is 2.